The summed E-state index contributed by atoms with van der Waals surface area (Å²) in [5.41, 5.74) is 1.95. The van der Waals surface area contributed by atoms with E-state index in [4.69, 9.17) is 0 Å². The maximum atomic E-state index is 11.0. The van der Waals surface area contributed by atoms with Gasteiger partial charge in [0.05, 0.1) is 11.0 Å². The van der Waals surface area contributed by atoms with Crippen molar-refractivity contribution in [2.24, 2.45) is 35.5 Å². The van der Waals surface area contributed by atoms with Gasteiger partial charge in [0.15, 0.2) is 17.3 Å². The molecule has 48 heavy (non-hydrogen) atoms. The zero-order chi connectivity index (χ0) is 36.4. The van der Waals surface area contributed by atoms with E-state index in [-0.39, 0.29) is 108 Å². The molecule has 9 heteroatoms. The third-order valence-electron chi connectivity index (χ3n) is 6.61. The first kappa shape index (κ1) is 47.1. The summed E-state index contributed by atoms with van der Waals surface area (Å²) in [7, 11) is 0. The van der Waals surface area contributed by atoms with Crippen LogP contribution in [0.2, 0.25) is 0 Å². The first-order chi connectivity index (χ1) is 21.8. The molecule has 265 valence electrons. The van der Waals surface area contributed by atoms with E-state index in [0.717, 1.165) is 21.8 Å². The topological polar surface area (TPSA) is 146 Å². The van der Waals surface area contributed by atoms with Gasteiger partial charge in [0.1, 0.15) is 0 Å². The van der Waals surface area contributed by atoms with Gasteiger partial charge in [0.2, 0.25) is 0 Å². The van der Waals surface area contributed by atoms with Crippen LogP contribution in [0.25, 0.3) is 21.8 Å². The molecule has 0 saturated heterocycles. The Bertz CT molecular complexity index is 1390. The van der Waals surface area contributed by atoms with E-state index in [1.165, 1.54) is 18.2 Å². The molecule has 1 radical (unpaired) electrons. The average molecular weight is 808 g/mol. The van der Waals surface area contributed by atoms with Crippen LogP contribution in [0, 0.1) is 73.7 Å². The minimum atomic E-state index is -0.0799. The fourth-order valence-electron chi connectivity index (χ4n) is 3.10. The van der Waals surface area contributed by atoms with E-state index < -0.39 is 0 Å². The fourth-order valence-corrected chi connectivity index (χ4v) is 3.10. The molecule has 0 amide bonds. The van der Waals surface area contributed by atoms with E-state index in [1.807, 2.05) is 12.1 Å². The number of carbonyl (C=O) groups excluding carboxylic acids is 3. The van der Waals surface area contributed by atoms with Crippen molar-refractivity contribution in [3.63, 3.8) is 0 Å². The zero-order valence-corrected chi connectivity index (χ0v) is 32.5. The van der Waals surface area contributed by atoms with Crippen molar-refractivity contribution in [2.45, 2.75) is 83.1 Å². The molecule has 2 aromatic heterocycles. The van der Waals surface area contributed by atoms with E-state index in [2.05, 4.69) is 34.2 Å². The van der Waals surface area contributed by atoms with Crippen LogP contribution in [0.4, 0.5) is 0 Å². The molecular formula is C39H53DyN2O6. The summed E-state index contributed by atoms with van der Waals surface area (Å²) < 4.78 is 0. The standard InChI is InChI=1S/C12H8N2.3C9H16O2.Dy/c1-3-9-5-6-10-4-2-8-14-12(10)11(9)13-7-1;3*1-6(2)8(10)5-9(11)7(3)4;/h1-8H;3*5-7,10H,1-4H3;/q;;;;+3/p-3/b;3*8-5-;. The second-order valence-corrected chi connectivity index (χ2v) is 13.0. The van der Waals surface area contributed by atoms with Gasteiger partial charge in [0, 0.05) is 40.9 Å². The van der Waals surface area contributed by atoms with Gasteiger partial charge in [0.25, 0.3) is 0 Å². The molecule has 0 aliphatic carbocycles. The van der Waals surface area contributed by atoms with Crippen LogP contribution < -0.4 is 15.3 Å². The quantitative estimate of drug-likeness (QED) is 0.143. The summed E-state index contributed by atoms with van der Waals surface area (Å²) in [6.45, 7) is 21.4. The van der Waals surface area contributed by atoms with Crippen molar-refractivity contribution < 1.29 is 67.9 Å². The van der Waals surface area contributed by atoms with Crippen LogP contribution in [0.5, 0.6) is 0 Å². The predicted octanol–water partition coefficient (Wildman–Crippen LogP) is 6.12. The molecule has 0 aliphatic rings. The molecule has 0 bridgehead atoms. The molecule has 3 aromatic rings. The van der Waals surface area contributed by atoms with Crippen molar-refractivity contribution in [3.8, 4) is 0 Å². The minimum absolute atomic E-state index is 0. The maximum absolute atomic E-state index is 11.0. The van der Waals surface area contributed by atoms with Gasteiger partial charge in [-0.2, -0.15) is 0 Å². The number of hydrogen-bond acceptors (Lipinski definition) is 8. The maximum Gasteiger partial charge on any atom is 3.00 e. The molecule has 0 spiro atoms. The van der Waals surface area contributed by atoms with Crippen LogP contribution in [0.15, 0.2) is 84.3 Å². The third-order valence-corrected chi connectivity index (χ3v) is 6.61. The number of aromatic nitrogens is 2. The molecule has 0 unspecified atom stereocenters. The number of hydrogen-bond donors (Lipinski definition) is 0. The number of fused-ring (bicyclic) bond motifs is 3. The second kappa shape index (κ2) is 24.1. The van der Waals surface area contributed by atoms with Gasteiger partial charge in [-0.25, -0.2) is 0 Å². The summed E-state index contributed by atoms with van der Waals surface area (Å²) in [5.74, 6) is -0.909. The number of pyridine rings is 2. The summed E-state index contributed by atoms with van der Waals surface area (Å²) in [6, 6.07) is 12.1. The van der Waals surface area contributed by atoms with Gasteiger partial charge in [-0.05, 0) is 48.1 Å². The Morgan fingerprint density at radius 2 is 0.729 bits per heavy atom. The van der Waals surface area contributed by atoms with Crippen LogP contribution in [0.3, 0.4) is 0 Å². The molecule has 0 atom stereocenters. The number of ketones is 3. The van der Waals surface area contributed by atoms with Crippen molar-refractivity contribution in [1.29, 1.82) is 0 Å². The van der Waals surface area contributed by atoms with Crippen molar-refractivity contribution in [2.75, 3.05) is 0 Å². The Balaban J connectivity index is 0. The molecule has 3 rings (SSSR count). The summed E-state index contributed by atoms with van der Waals surface area (Å²) in [6.07, 6.45) is 7.22. The average Bonchev–Trinajstić information content (AvgIpc) is 3.01. The molecule has 0 fully saturated rings. The van der Waals surface area contributed by atoms with Gasteiger partial charge >= 0.3 is 38.2 Å². The summed E-state index contributed by atoms with van der Waals surface area (Å²) >= 11 is 0. The summed E-state index contributed by atoms with van der Waals surface area (Å²) in [5, 5.41) is 35.2. The molecule has 0 N–H and O–H groups in total. The van der Waals surface area contributed by atoms with Gasteiger partial charge in [-0.1, -0.05) is 107 Å². The number of nitrogens with zero attached hydrogens (tertiary/aromatic N) is 2. The van der Waals surface area contributed by atoms with Crippen molar-refractivity contribution in [3.05, 3.63) is 84.3 Å². The van der Waals surface area contributed by atoms with Crippen molar-refractivity contribution >= 4 is 39.2 Å². The van der Waals surface area contributed by atoms with E-state index >= 15 is 0 Å². The van der Waals surface area contributed by atoms with E-state index in [0.29, 0.717) is 0 Å². The molecular weight excluding hydrogens is 755 g/mol. The molecule has 0 saturated carbocycles. The smallest absolute Gasteiger partial charge is 0.875 e. The first-order valence-corrected chi connectivity index (χ1v) is 16.2. The Morgan fingerprint density at radius 1 is 0.479 bits per heavy atom. The van der Waals surface area contributed by atoms with Crippen molar-refractivity contribution in [1.82, 2.24) is 9.97 Å². The number of carbonyl (C=O) groups is 3. The second-order valence-electron chi connectivity index (χ2n) is 13.0. The molecule has 2 heterocycles. The first-order valence-electron chi connectivity index (χ1n) is 16.2. The largest absolute Gasteiger partial charge is 3.00 e. The normalized spacial score (nSPS) is 11.9. The monoisotopic (exact) mass is 809 g/mol. The van der Waals surface area contributed by atoms with Gasteiger partial charge < -0.3 is 15.3 Å². The Morgan fingerprint density at radius 3 is 0.938 bits per heavy atom. The zero-order valence-electron chi connectivity index (χ0n) is 30.5. The van der Waals surface area contributed by atoms with Gasteiger partial charge in [-0.15, -0.1) is 17.3 Å². The molecule has 8 nitrogen and oxygen atoms in total. The van der Waals surface area contributed by atoms with Gasteiger partial charge in [-0.3, -0.25) is 24.4 Å². The van der Waals surface area contributed by atoms with E-state index in [1.54, 1.807) is 95.5 Å². The van der Waals surface area contributed by atoms with Crippen LogP contribution in [0.1, 0.15) is 83.1 Å². The Labute approximate surface area is 317 Å². The fraction of sp³-hybridized carbons (Fsp3) is 0.462. The Kier molecular flexibility index (Phi) is 23.7. The summed E-state index contributed by atoms with van der Waals surface area (Å²) in [4.78, 5) is 41.6. The third kappa shape index (κ3) is 18.5. The Hall–Kier alpha value is -3.06. The minimum Gasteiger partial charge on any atom is -0.875 e. The predicted molar refractivity (Wildman–Crippen MR) is 185 cm³/mol. The van der Waals surface area contributed by atoms with Crippen LogP contribution >= 0.6 is 0 Å². The van der Waals surface area contributed by atoms with Crippen LogP contribution in [-0.4, -0.2) is 27.3 Å². The molecule has 0 aliphatic heterocycles. The molecule has 1 aromatic carbocycles. The van der Waals surface area contributed by atoms with E-state index in [9.17, 15) is 29.7 Å². The number of rotatable bonds is 9. The number of benzene rings is 1. The van der Waals surface area contributed by atoms with Crippen LogP contribution in [-0.2, 0) is 14.4 Å². The SMILES string of the molecule is CC(C)C(=O)/C=C(\[O-])C(C)C.CC(C)C(=O)/C=C(\[O-])C(C)C.CC(C)C(=O)/C=C(\[O-])C(C)C.[Dy+3].c1cnc2c(c1)ccc1cccnc12. The number of allylic oxidation sites excluding steroid dienone is 6.